The van der Waals surface area contributed by atoms with Crippen LogP contribution in [0.25, 0.3) is 0 Å². The average molecular weight is 183 g/mol. The number of rotatable bonds is 2. The predicted molar refractivity (Wildman–Crippen MR) is 46.0 cm³/mol. The van der Waals surface area contributed by atoms with E-state index >= 15 is 0 Å². The fourth-order valence-electron chi connectivity index (χ4n) is 1.45. The molecule has 0 aromatic rings. The molecule has 0 N–H and O–H groups in total. The summed E-state index contributed by atoms with van der Waals surface area (Å²) in [6.45, 7) is 1.88. The van der Waals surface area contributed by atoms with Crippen LogP contribution in [0.3, 0.4) is 0 Å². The maximum atomic E-state index is 11.4. The highest BCUT2D eigenvalue weighted by atomic mass is 16.2. The first-order chi connectivity index (χ1) is 6.02. The smallest absolute Gasteiger partial charge is 0.233 e. The summed E-state index contributed by atoms with van der Waals surface area (Å²) in [5, 5.41) is 0. The molecule has 1 aliphatic heterocycles. The molecule has 0 unspecified atom stereocenters. The van der Waals surface area contributed by atoms with Gasteiger partial charge >= 0.3 is 0 Å². The third-order valence-electron chi connectivity index (χ3n) is 2.25. The first kappa shape index (κ1) is 9.89. The van der Waals surface area contributed by atoms with Gasteiger partial charge in [-0.3, -0.25) is 14.4 Å². The summed E-state index contributed by atoms with van der Waals surface area (Å²) >= 11 is 0. The number of amides is 1. The molecular weight excluding hydrogens is 170 g/mol. The zero-order chi connectivity index (χ0) is 10.0. The van der Waals surface area contributed by atoms with Gasteiger partial charge < -0.3 is 4.90 Å². The van der Waals surface area contributed by atoms with Gasteiger partial charge in [-0.2, -0.15) is 0 Å². The second kappa shape index (κ2) is 3.68. The van der Waals surface area contributed by atoms with Gasteiger partial charge in [0.2, 0.25) is 5.91 Å². The van der Waals surface area contributed by atoms with E-state index in [1.165, 1.54) is 11.8 Å². The van der Waals surface area contributed by atoms with Crippen LogP contribution in [0.2, 0.25) is 0 Å². The van der Waals surface area contributed by atoms with E-state index in [2.05, 4.69) is 0 Å². The summed E-state index contributed by atoms with van der Waals surface area (Å²) in [6, 6.07) is 0. The van der Waals surface area contributed by atoms with E-state index in [1.807, 2.05) is 0 Å². The van der Waals surface area contributed by atoms with Crippen molar-refractivity contribution in [2.75, 3.05) is 13.6 Å². The first-order valence-corrected chi connectivity index (χ1v) is 4.29. The van der Waals surface area contributed by atoms with Gasteiger partial charge in [-0.15, -0.1) is 0 Å². The molecule has 0 spiro atoms. The maximum absolute atomic E-state index is 11.4. The molecule has 1 aliphatic rings. The standard InChI is InChI=1S/C9H13NO3/c1-6(11)5-7-8(12)3-4-10(2)9(7)13/h7H,3-5H2,1-2H3/t7-/m1/s1. The predicted octanol–water partition coefficient (Wildman–Crippen LogP) is 0.0129. The van der Waals surface area contributed by atoms with Gasteiger partial charge in [0.15, 0.2) is 0 Å². The van der Waals surface area contributed by atoms with Crippen molar-refractivity contribution in [2.24, 2.45) is 5.92 Å². The molecule has 4 nitrogen and oxygen atoms in total. The Labute approximate surface area is 76.9 Å². The normalized spacial score (nSPS) is 23.5. The van der Waals surface area contributed by atoms with Crippen LogP contribution >= 0.6 is 0 Å². The maximum Gasteiger partial charge on any atom is 0.233 e. The Bertz CT molecular complexity index is 260. The average Bonchev–Trinajstić information content (AvgIpc) is 2.05. The fourth-order valence-corrected chi connectivity index (χ4v) is 1.45. The minimum absolute atomic E-state index is 0.0575. The van der Waals surface area contributed by atoms with E-state index in [9.17, 15) is 14.4 Å². The first-order valence-electron chi connectivity index (χ1n) is 4.29. The molecule has 1 amide bonds. The number of hydrogen-bond acceptors (Lipinski definition) is 3. The number of hydrogen-bond donors (Lipinski definition) is 0. The third kappa shape index (κ3) is 2.14. The summed E-state index contributed by atoms with van der Waals surface area (Å²) in [5.41, 5.74) is 0. The quantitative estimate of drug-likeness (QED) is 0.567. The molecule has 4 heteroatoms. The Kier molecular flexibility index (Phi) is 2.80. The molecule has 1 fully saturated rings. The second-order valence-corrected chi connectivity index (χ2v) is 3.43. The molecule has 1 heterocycles. The summed E-state index contributed by atoms with van der Waals surface area (Å²) in [7, 11) is 1.65. The molecule has 0 saturated carbocycles. The molecule has 0 radical (unpaired) electrons. The molecule has 13 heavy (non-hydrogen) atoms. The highest BCUT2D eigenvalue weighted by Crippen LogP contribution is 2.16. The van der Waals surface area contributed by atoms with Gasteiger partial charge in [0.25, 0.3) is 0 Å². The molecule has 1 rings (SSSR count). The van der Waals surface area contributed by atoms with Gasteiger partial charge in [-0.25, -0.2) is 0 Å². The minimum atomic E-state index is -0.712. The zero-order valence-electron chi connectivity index (χ0n) is 7.87. The van der Waals surface area contributed by atoms with Crippen molar-refractivity contribution in [3.8, 4) is 0 Å². The highest BCUT2D eigenvalue weighted by Gasteiger charge is 2.33. The number of likely N-dealkylation sites (tertiary alicyclic amines) is 1. The van der Waals surface area contributed by atoms with Crippen molar-refractivity contribution in [1.29, 1.82) is 0 Å². The molecule has 0 aromatic heterocycles. The molecular formula is C9H13NO3. The number of carbonyl (C=O) groups excluding carboxylic acids is 3. The topological polar surface area (TPSA) is 54.5 Å². The number of carbonyl (C=O) groups is 3. The highest BCUT2D eigenvalue weighted by molar-refractivity contribution is 6.05. The van der Waals surface area contributed by atoms with Gasteiger partial charge in [0, 0.05) is 26.4 Å². The molecule has 0 bridgehead atoms. The zero-order valence-corrected chi connectivity index (χ0v) is 7.87. The minimum Gasteiger partial charge on any atom is -0.345 e. The molecule has 0 aromatic carbocycles. The van der Waals surface area contributed by atoms with Crippen molar-refractivity contribution in [3.05, 3.63) is 0 Å². The SMILES string of the molecule is CC(=O)C[C@@H]1C(=O)CCN(C)C1=O. The largest absolute Gasteiger partial charge is 0.345 e. The molecule has 0 aliphatic carbocycles. The summed E-state index contributed by atoms with van der Waals surface area (Å²) in [6.07, 6.45) is 0.433. The van der Waals surface area contributed by atoms with E-state index in [4.69, 9.17) is 0 Å². The van der Waals surface area contributed by atoms with E-state index < -0.39 is 5.92 Å². The van der Waals surface area contributed by atoms with E-state index in [0.717, 1.165) is 0 Å². The van der Waals surface area contributed by atoms with Crippen molar-refractivity contribution in [3.63, 3.8) is 0 Å². The van der Waals surface area contributed by atoms with Gasteiger partial charge in [0.05, 0.1) is 0 Å². The Balaban J connectivity index is 2.72. The number of nitrogens with zero attached hydrogens (tertiary/aromatic N) is 1. The number of Topliss-reactive ketones (excluding diaryl/α,β-unsaturated/α-hetero) is 2. The van der Waals surface area contributed by atoms with Gasteiger partial charge in [-0.05, 0) is 6.92 Å². The van der Waals surface area contributed by atoms with Crippen molar-refractivity contribution in [1.82, 2.24) is 4.90 Å². The van der Waals surface area contributed by atoms with Crippen LogP contribution in [0.5, 0.6) is 0 Å². The fraction of sp³-hybridized carbons (Fsp3) is 0.667. The number of ketones is 2. The summed E-state index contributed by atoms with van der Waals surface area (Å²) in [5.74, 6) is -1.14. The Morgan fingerprint density at radius 2 is 2.15 bits per heavy atom. The lowest BCUT2D eigenvalue weighted by Crippen LogP contribution is -2.44. The Hall–Kier alpha value is -1.19. The van der Waals surface area contributed by atoms with Crippen LogP contribution < -0.4 is 0 Å². The Morgan fingerprint density at radius 3 is 2.69 bits per heavy atom. The van der Waals surface area contributed by atoms with Crippen molar-refractivity contribution in [2.45, 2.75) is 19.8 Å². The van der Waals surface area contributed by atoms with Crippen LogP contribution in [0.1, 0.15) is 19.8 Å². The van der Waals surface area contributed by atoms with Crippen LogP contribution in [0.4, 0.5) is 0 Å². The van der Waals surface area contributed by atoms with Crippen molar-refractivity contribution >= 4 is 17.5 Å². The van der Waals surface area contributed by atoms with Crippen LogP contribution in [0, 0.1) is 5.92 Å². The molecule has 72 valence electrons. The lowest BCUT2D eigenvalue weighted by atomic mass is 9.91. The van der Waals surface area contributed by atoms with E-state index in [-0.39, 0.29) is 23.9 Å². The van der Waals surface area contributed by atoms with Crippen LogP contribution in [-0.4, -0.2) is 36.0 Å². The number of piperidine rings is 1. The molecule has 1 atom stereocenters. The summed E-state index contributed by atoms with van der Waals surface area (Å²) < 4.78 is 0. The van der Waals surface area contributed by atoms with E-state index in [0.29, 0.717) is 13.0 Å². The molecule has 1 saturated heterocycles. The summed E-state index contributed by atoms with van der Waals surface area (Å²) in [4.78, 5) is 35.0. The lowest BCUT2D eigenvalue weighted by molar-refractivity contribution is -0.146. The van der Waals surface area contributed by atoms with Crippen LogP contribution in [0.15, 0.2) is 0 Å². The monoisotopic (exact) mass is 183 g/mol. The second-order valence-electron chi connectivity index (χ2n) is 3.43. The van der Waals surface area contributed by atoms with Crippen LogP contribution in [-0.2, 0) is 14.4 Å². The Morgan fingerprint density at radius 1 is 1.54 bits per heavy atom. The third-order valence-corrected chi connectivity index (χ3v) is 2.25. The van der Waals surface area contributed by atoms with Gasteiger partial charge in [-0.1, -0.05) is 0 Å². The van der Waals surface area contributed by atoms with Gasteiger partial charge in [0.1, 0.15) is 17.5 Å². The van der Waals surface area contributed by atoms with E-state index in [1.54, 1.807) is 7.05 Å². The lowest BCUT2D eigenvalue weighted by Gasteiger charge is -2.27. The van der Waals surface area contributed by atoms with Crippen molar-refractivity contribution < 1.29 is 14.4 Å².